The first-order chi connectivity index (χ1) is 12.3. The Morgan fingerprint density at radius 1 is 1.12 bits per heavy atom. The second-order valence-corrected chi connectivity index (χ2v) is 6.93. The van der Waals surface area contributed by atoms with Gasteiger partial charge >= 0.3 is 0 Å². The lowest BCUT2D eigenvalue weighted by Crippen LogP contribution is -2.24. The molecule has 0 amide bonds. The van der Waals surface area contributed by atoms with E-state index in [0.717, 1.165) is 5.56 Å². The second kappa shape index (κ2) is 7.66. The molecule has 0 bridgehead atoms. The molecule has 2 aromatic carbocycles. The van der Waals surface area contributed by atoms with Gasteiger partial charge in [0.05, 0.1) is 16.9 Å². The number of nitrogens with zero attached hydrogens (tertiary/aromatic N) is 3. The smallest absolute Gasteiger partial charge is 0.224 e. The van der Waals surface area contributed by atoms with Crippen LogP contribution in [0.1, 0.15) is 23.0 Å². The number of rotatable bonds is 5. The molecule has 0 N–H and O–H groups in total. The fraction of sp³-hybridized carbons (Fsp3) is 0.167. The predicted octanol–water partition coefficient (Wildman–Crippen LogP) is 5.19. The lowest BCUT2D eigenvalue weighted by Gasteiger charge is -2.13. The van der Waals surface area contributed by atoms with Crippen molar-refractivity contribution >= 4 is 40.6 Å². The Bertz CT molecular complexity index is 972. The van der Waals surface area contributed by atoms with E-state index in [2.05, 4.69) is 10.3 Å². The topological polar surface area (TPSA) is 57.0 Å². The zero-order valence-corrected chi connectivity index (χ0v) is 16.2. The standard InChI is InChI=1S/C18H14Cl3N3O2/c1-10-3-5-13(8-14(10)20)24-9-16(22-23-24)18(25)11(2)26-17-6-4-12(19)7-15(17)21/h3-9,11H,1-2H3. The number of Topliss-reactive ketones (excluding diaryl/α,β-unsaturated/α-hetero) is 1. The van der Waals surface area contributed by atoms with Gasteiger partial charge in [-0.05, 0) is 49.7 Å². The van der Waals surface area contributed by atoms with Crippen molar-refractivity contribution in [3.8, 4) is 11.4 Å². The fourth-order valence-corrected chi connectivity index (χ4v) is 2.88. The van der Waals surface area contributed by atoms with E-state index in [0.29, 0.717) is 26.5 Å². The highest BCUT2D eigenvalue weighted by molar-refractivity contribution is 6.35. The first kappa shape index (κ1) is 18.7. The van der Waals surface area contributed by atoms with Crippen LogP contribution < -0.4 is 4.74 Å². The quantitative estimate of drug-likeness (QED) is 0.543. The Morgan fingerprint density at radius 2 is 1.88 bits per heavy atom. The van der Waals surface area contributed by atoms with Crippen LogP contribution in [0.2, 0.25) is 15.1 Å². The molecule has 0 radical (unpaired) electrons. The number of benzene rings is 2. The van der Waals surface area contributed by atoms with E-state index in [4.69, 9.17) is 39.5 Å². The second-order valence-electron chi connectivity index (χ2n) is 5.68. The van der Waals surface area contributed by atoms with Crippen molar-refractivity contribution < 1.29 is 9.53 Å². The highest BCUT2D eigenvalue weighted by atomic mass is 35.5. The van der Waals surface area contributed by atoms with Gasteiger partial charge in [0.1, 0.15) is 5.75 Å². The van der Waals surface area contributed by atoms with Crippen LogP contribution in [0.5, 0.6) is 5.75 Å². The molecule has 0 aliphatic carbocycles. The molecule has 1 heterocycles. The van der Waals surface area contributed by atoms with Crippen LogP contribution in [0.4, 0.5) is 0 Å². The van der Waals surface area contributed by atoms with Crippen LogP contribution in [0.15, 0.2) is 42.6 Å². The Morgan fingerprint density at radius 3 is 2.58 bits per heavy atom. The third-order valence-corrected chi connectivity index (χ3v) is 4.67. The third-order valence-electron chi connectivity index (χ3n) is 3.73. The van der Waals surface area contributed by atoms with Gasteiger partial charge in [0.15, 0.2) is 11.8 Å². The number of aromatic nitrogens is 3. The summed E-state index contributed by atoms with van der Waals surface area (Å²) in [4.78, 5) is 12.6. The summed E-state index contributed by atoms with van der Waals surface area (Å²) in [7, 11) is 0. The van der Waals surface area contributed by atoms with Crippen molar-refractivity contribution in [1.29, 1.82) is 0 Å². The normalized spacial score (nSPS) is 12.0. The van der Waals surface area contributed by atoms with Gasteiger partial charge in [0, 0.05) is 10.0 Å². The van der Waals surface area contributed by atoms with Crippen molar-refractivity contribution in [1.82, 2.24) is 15.0 Å². The maximum atomic E-state index is 12.6. The minimum absolute atomic E-state index is 0.180. The van der Waals surface area contributed by atoms with E-state index in [9.17, 15) is 4.79 Å². The molecule has 26 heavy (non-hydrogen) atoms. The van der Waals surface area contributed by atoms with Crippen LogP contribution >= 0.6 is 34.8 Å². The third kappa shape index (κ3) is 4.01. The minimum Gasteiger partial charge on any atom is -0.481 e. The van der Waals surface area contributed by atoms with E-state index in [-0.39, 0.29) is 11.5 Å². The van der Waals surface area contributed by atoms with E-state index >= 15 is 0 Å². The molecule has 3 aromatic rings. The lowest BCUT2D eigenvalue weighted by atomic mass is 10.2. The predicted molar refractivity (Wildman–Crippen MR) is 102 cm³/mol. The Labute approximate surface area is 165 Å². The van der Waals surface area contributed by atoms with E-state index < -0.39 is 6.10 Å². The number of hydrogen-bond donors (Lipinski definition) is 0. The summed E-state index contributed by atoms with van der Waals surface area (Å²) < 4.78 is 7.11. The molecule has 3 rings (SSSR count). The maximum absolute atomic E-state index is 12.6. The number of halogens is 3. The van der Waals surface area contributed by atoms with Crippen LogP contribution in [0.3, 0.4) is 0 Å². The number of carbonyl (C=O) groups is 1. The molecule has 5 nitrogen and oxygen atoms in total. The van der Waals surface area contributed by atoms with E-state index in [1.165, 1.54) is 10.9 Å². The van der Waals surface area contributed by atoms with Gasteiger partial charge < -0.3 is 4.74 Å². The number of carbonyl (C=O) groups excluding carboxylic acids is 1. The molecule has 1 atom stereocenters. The van der Waals surface area contributed by atoms with E-state index in [1.807, 2.05) is 19.1 Å². The van der Waals surface area contributed by atoms with E-state index in [1.54, 1.807) is 31.2 Å². The average molecular weight is 411 g/mol. The molecule has 0 aliphatic heterocycles. The molecule has 0 spiro atoms. The number of ketones is 1. The fourth-order valence-electron chi connectivity index (χ4n) is 2.25. The van der Waals surface area contributed by atoms with Crippen LogP contribution in [-0.4, -0.2) is 26.9 Å². The SMILES string of the molecule is Cc1ccc(-n2cc(C(=O)C(C)Oc3ccc(Cl)cc3Cl)nn2)cc1Cl. The first-order valence-corrected chi connectivity index (χ1v) is 8.83. The van der Waals surface area contributed by atoms with Crippen molar-refractivity contribution in [3.63, 3.8) is 0 Å². The highest BCUT2D eigenvalue weighted by Crippen LogP contribution is 2.28. The Kier molecular flexibility index (Phi) is 5.51. The summed E-state index contributed by atoms with van der Waals surface area (Å²) >= 11 is 18.1. The molecule has 0 aliphatic rings. The van der Waals surface area contributed by atoms with Crippen LogP contribution in [0, 0.1) is 6.92 Å². The Hall–Kier alpha value is -2.08. The van der Waals surface area contributed by atoms with Gasteiger partial charge in [-0.15, -0.1) is 5.10 Å². The van der Waals surface area contributed by atoms with Gasteiger partial charge in [-0.2, -0.15) is 0 Å². The van der Waals surface area contributed by atoms with Crippen LogP contribution in [0.25, 0.3) is 5.69 Å². The summed E-state index contributed by atoms with van der Waals surface area (Å²) in [6.45, 7) is 3.53. The molecular formula is C18H14Cl3N3O2. The van der Waals surface area contributed by atoms with Gasteiger partial charge in [-0.3, -0.25) is 4.79 Å². The van der Waals surface area contributed by atoms with Gasteiger partial charge in [-0.1, -0.05) is 46.1 Å². The summed E-state index contributed by atoms with van der Waals surface area (Å²) in [5.74, 6) is 0.0510. The average Bonchev–Trinajstić information content (AvgIpc) is 3.09. The molecule has 0 saturated heterocycles. The summed E-state index contributed by atoms with van der Waals surface area (Å²) in [6.07, 6.45) is 0.743. The zero-order valence-electron chi connectivity index (χ0n) is 13.9. The van der Waals surface area contributed by atoms with Gasteiger partial charge in [0.25, 0.3) is 0 Å². The minimum atomic E-state index is -0.791. The van der Waals surface area contributed by atoms with Crippen molar-refractivity contribution in [3.05, 3.63) is 68.9 Å². The summed E-state index contributed by atoms with van der Waals surface area (Å²) in [5, 5.41) is 9.34. The lowest BCUT2D eigenvalue weighted by molar-refractivity contribution is 0.0813. The summed E-state index contributed by atoms with van der Waals surface area (Å²) in [6, 6.07) is 10.3. The molecule has 8 heteroatoms. The molecule has 0 saturated carbocycles. The van der Waals surface area contributed by atoms with Crippen molar-refractivity contribution in [2.45, 2.75) is 20.0 Å². The summed E-state index contributed by atoms with van der Waals surface area (Å²) in [5.41, 5.74) is 1.84. The van der Waals surface area contributed by atoms with Gasteiger partial charge in [0.2, 0.25) is 5.78 Å². The molecular weight excluding hydrogens is 397 g/mol. The van der Waals surface area contributed by atoms with Crippen LogP contribution in [-0.2, 0) is 0 Å². The number of aryl methyl sites for hydroxylation is 1. The largest absolute Gasteiger partial charge is 0.481 e. The van der Waals surface area contributed by atoms with Crippen molar-refractivity contribution in [2.75, 3.05) is 0 Å². The zero-order chi connectivity index (χ0) is 18.8. The molecule has 1 unspecified atom stereocenters. The van der Waals surface area contributed by atoms with Crippen molar-refractivity contribution in [2.24, 2.45) is 0 Å². The molecule has 1 aromatic heterocycles. The monoisotopic (exact) mass is 409 g/mol. The Balaban J connectivity index is 1.77. The maximum Gasteiger partial charge on any atom is 0.224 e. The molecule has 134 valence electrons. The highest BCUT2D eigenvalue weighted by Gasteiger charge is 2.21. The molecule has 0 fully saturated rings. The number of hydrogen-bond acceptors (Lipinski definition) is 4. The number of ether oxygens (including phenoxy) is 1. The van der Waals surface area contributed by atoms with Gasteiger partial charge in [-0.25, -0.2) is 4.68 Å². The first-order valence-electron chi connectivity index (χ1n) is 7.70.